The standard InChI is InChI=1S/C26H20ClF2NO4S/c1-2-33-22-12-18(11-21(27)24(22)34-15-17-5-9-20(29)10-6-17)13-23-25(31)30(26(32)35-23)14-16-3-7-19(28)8-4-16/h3-13H,2,14-15H2,1H3/b23-13-. The molecule has 0 aromatic heterocycles. The molecule has 0 saturated carbocycles. The maximum absolute atomic E-state index is 13.2. The van der Waals surface area contributed by atoms with Crippen LogP contribution in [0.15, 0.2) is 65.6 Å². The highest BCUT2D eigenvalue weighted by atomic mass is 35.5. The molecule has 9 heteroatoms. The van der Waals surface area contributed by atoms with E-state index in [0.717, 1.165) is 22.2 Å². The van der Waals surface area contributed by atoms with Crippen molar-refractivity contribution >= 4 is 40.6 Å². The van der Waals surface area contributed by atoms with Crippen molar-refractivity contribution in [3.63, 3.8) is 0 Å². The summed E-state index contributed by atoms with van der Waals surface area (Å²) in [4.78, 5) is 26.6. The summed E-state index contributed by atoms with van der Waals surface area (Å²) in [5.74, 6) is -0.489. The van der Waals surface area contributed by atoms with Crippen LogP contribution in [0.4, 0.5) is 13.6 Å². The van der Waals surface area contributed by atoms with Crippen LogP contribution in [0.5, 0.6) is 11.5 Å². The number of hydrogen-bond donors (Lipinski definition) is 0. The van der Waals surface area contributed by atoms with E-state index in [1.165, 1.54) is 36.4 Å². The lowest BCUT2D eigenvalue weighted by molar-refractivity contribution is -0.123. The van der Waals surface area contributed by atoms with Gasteiger partial charge in [0.05, 0.1) is 23.1 Å². The SMILES string of the molecule is CCOc1cc(/C=C2\SC(=O)N(Cc3ccc(F)cc3)C2=O)cc(Cl)c1OCc1ccc(F)cc1. The molecule has 0 aliphatic carbocycles. The van der Waals surface area contributed by atoms with Gasteiger partial charge in [-0.2, -0.15) is 0 Å². The average molecular weight is 516 g/mol. The number of hydrogen-bond acceptors (Lipinski definition) is 5. The van der Waals surface area contributed by atoms with Gasteiger partial charge in [0, 0.05) is 0 Å². The third-order valence-electron chi connectivity index (χ3n) is 5.05. The van der Waals surface area contributed by atoms with Crippen LogP contribution in [0.2, 0.25) is 5.02 Å². The first-order chi connectivity index (χ1) is 16.8. The minimum atomic E-state index is -0.449. The molecule has 5 nitrogen and oxygen atoms in total. The van der Waals surface area contributed by atoms with Gasteiger partial charge >= 0.3 is 0 Å². The van der Waals surface area contributed by atoms with Crippen LogP contribution in [-0.2, 0) is 17.9 Å². The van der Waals surface area contributed by atoms with E-state index < -0.39 is 17.0 Å². The summed E-state index contributed by atoms with van der Waals surface area (Å²) in [5.41, 5.74) is 1.95. The first-order valence-corrected chi connectivity index (χ1v) is 11.9. The van der Waals surface area contributed by atoms with E-state index in [-0.39, 0.29) is 28.9 Å². The Bertz CT molecular complexity index is 1280. The molecule has 1 saturated heterocycles. The molecule has 0 unspecified atom stereocenters. The average Bonchev–Trinajstić information content (AvgIpc) is 3.08. The summed E-state index contributed by atoms with van der Waals surface area (Å²) in [6.45, 7) is 2.36. The number of carbonyl (C=O) groups is 2. The van der Waals surface area contributed by atoms with Gasteiger partial charge in [0.1, 0.15) is 18.2 Å². The van der Waals surface area contributed by atoms with E-state index in [9.17, 15) is 18.4 Å². The molecule has 0 radical (unpaired) electrons. The van der Waals surface area contributed by atoms with Crippen LogP contribution >= 0.6 is 23.4 Å². The highest BCUT2D eigenvalue weighted by Crippen LogP contribution is 2.39. The maximum Gasteiger partial charge on any atom is 0.293 e. The molecule has 3 aromatic carbocycles. The molecule has 0 spiro atoms. The molecule has 3 aromatic rings. The minimum absolute atomic E-state index is 0.0450. The van der Waals surface area contributed by atoms with Crippen molar-refractivity contribution in [1.82, 2.24) is 4.90 Å². The van der Waals surface area contributed by atoms with Crippen LogP contribution in [0.1, 0.15) is 23.6 Å². The summed E-state index contributed by atoms with van der Waals surface area (Å²) < 4.78 is 37.8. The molecule has 1 aliphatic rings. The second-order valence-electron chi connectivity index (χ2n) is 7.57. The Balaban J connectivity index is 1.54. The van der Waals surface area contributed by atoms with Crippen LogP contribution in [0.25, 0.3) is 6.08 Å². The molecule has 1 aliphatic heterocycles. The van der Waals surface area contributed by atoms with Gasteiger partial charge in [0.15, 0.2) is 11.5 Å². The zero-order valence-electron chi connectivity index (χ0n) is 18.6. The molecule has 0 bridgehead atoms. The molecule has 2 amide bonds. The second kappa shape index (κ2) is 10.9. The topological polar surface area (TPSA) is 55.8 Å². The lowest BCUT2D eigenvalue weighted by Crippen LogP contribution is -2.27. The first-order valence-electron chi connectivity index (χ1n) is 10.7. The lowest BCUT2D eigenvalue weighted by atomic mass is 10.1. The van der Waals surface area contributed by atoms with Gasteiger partial charge in [-0.15, -0.1) is 0 Å². The van der Waals surface area contributed by atoms with Gasteiger partial charge in [0.25, 0.3) is 11.1 Å². The normalized spacial score (nSPS) is 14.6. The predicted octanol–water partition coefficient (Wildman–Crippen LogP) is 6.83. The predicted molar refractivity (Wildman–Crippen MR) is 131 cm³/mol. The van der Waals surface area contributed by atoms with Crippen LogP contribution in [0.3, 0.4) is 0 Å². The highest BCUT2D eigenvalue weighted by molar-refractivity contribution is 8.18. The lowest BCUT2D eigenvalue weighted by Gasteiger charge is -2.15. The molecule has 1 fully saturated rings. The largest absolute Gasteiger partial charge is 0.490 e. The van der Waals surface area contributed by atoms with E-state index in [4.69, 9.17) is 21.1 Å². The Morgan fingerprint density at radius 1 is 0.943 bits per heavy atom. The van der Waals surface area contributed by atoms with Crippen LogP contribution in [0, 0.1) is 11.6 Å². The summed E-state index contributed by atoms with van der Waals surface area (Å²) >= 11 is 7.28. The van der Waals surface area contributed by atoms with Crippen molar-refractivity contribution in [1.29, 1.82) is 0 Å². The van der Waals surface area contributed by atoms with Gasteiger partial charge in [-0.1, -0.05) is 35.9 Å². The fourth-order valence-electron chi connectivity index (χ4n) is 3.37. The van der Waals surface area contributed by atoms with Gasteiger partial charge in [-0.3, -0.25) is 14.5 Å². The monoisotopic (exact) mass is 515 g/mol. The van der Waals surface area contributed by atoms with Crippen molar-refractivity contribution in [2.75, 3.05) is 6.61 Å². The fourth-order valence-corrected chi connectivity index (χ4v) is 4.48. The summed E-state index contributed by atoms with van der Waals surface area (Å²) in [5, 5.41) is -0.157. The number of thioether (sulfide) groups is 1. The van der Waals surface area contributed by atoms with E-state index >= 15 is 0 Å². The summed E-state index contributed by atoms with van der Waals surface area (Å²) in [6, 6.07) is 14.8. The van der Waals surface area contributed by atoms with Crippen molar-refractivity contribution in [2.45, 2.75) is 20.1 Å². The van der Waals surface area contributed by atoms with Crippen LogP contribution < -0.4 is 9.47 Å². The molecule has 35 heavy (non-hydrogen) atoms. The van der Waals surface area contributed by atoms with E-state index in [1.54, 1.807) is 30.3 Å². The van der Waals surface area contributed by atoms with Crippen molar-refractivity contribution < 1.29 is 27.8 Å². The molecule has 1 heterocycles. The number of amides is 2. The number of halogens is 3. The quantitative estimate of drug-likeness (QED) is 0.308. The highest BCUT2D eigenvalue weighted by Gasteiger charge is 2.35. The van der Waals surface area contributed by atoms with Crippen molar-refractivity contribution in [2.24, 2.45) is 0 Å². The Morgan fingerprint density at radius 2 is 1.57 bits per heavy atom. The van der Waals surface area contributed by atoms with Crippen molar-refractivity contribution in [3.05, 3.63) is 98.9 Å². The third kappa shape index (κ3) is 6.01. The van der Waals surface area contributed by atoms with Crippen molar-refractivity contribution in [3.8, 4) is 11.5 Å². The molecule has 180 valence electrons. The molecular formula is C26H20ClF2NO4S. The van der Waals surface area contributed by atoms with Gasteiger partial charge < -0.3 is 9.47 Å². The first kappa shape index (κ1) is 24.8. The molecule has 0 N–H and O–H groups in total. The number of ether oxygens (including phenoxy) is 2. The van der Waals surface area contributed by atoms with Gasteiger partial charge in [0.2, 0.25) is 0 Å². The number of benzene rings is 3. The minimum Gasteiger partial charge on any atom is -0.490 e. The summed E-state index contributed by atoms with van der Waals surface area (Å²) in [7, 11) is 0. The fraction of sp³-hybridized carbons (Fsp3) is 0.154. The van der Waals surface area contributed by atoms with E-state index in [1.807, 2.05) is 6.92 Å². The summed E-state index contributed by atoms with van der Waals surface area (Å²) in [6.07, 6.45) is 1.56. The van der Waals surface area contributed by atoms with Gasteiger partial charge in [-0.25, -0.2) is 8.78 Å². The zero-order valence-corrected chi connectivity index (χ0v) is 20.2. The van der Waals surface area contributed by atoms with Gasteiger partial charge in [-0.05, 0) is 77.9 Å². The van der Waals surface area contributed by atoms with Crippen LogP contribution in [-0.4, -0.2) is 22.7 Å². The second-order valence-corrected chi connectivity index (χ2v) is 8.97. The Hall–Kier alpha value is -3.36. The maximum atomic E-state index is 13.2. The van der Waals surface area contributed by atoms with E-state index in [2.05, 4.69) is 0 Å². The Labute approximate surface area is 210 Å². The number of rotatable bonds is 8. The molecular weight excluding hydrogens is 496 g/mol. The number of nitrogens with zero attached hydrogens (tertiary/aromatic N) is 1. The van der Waals surface area contributed by atoms with E-state index in [0.29, 0.717) is 29.2 Å². The number of carbonyl (C=O) groups excluding carboxylic acids is 2. The number of imide groups is 1. The Kier molecular flexibility index (Phi) is 7.73. The third-order valence-corrected chi connectivity index (χ3v) is 6.24. The molecule has 0 atom stereocenters. The molecule has 4 rings (SSSR count). The Morgan fingerprint density at radius 3 is 2.20 bits per heavy atom. The zero-order chi connectivity index (χ0) is 24.9. The smallest absolute Gasteiger partial charge is 0.293 e.